The van der Waals surface area contributed by atoms with Crippen molar-refractivity contribution >= 4 is 15.9 Å². The van der Waals surface area contributed by atoms with Crippen LogP contribution < -0.4 is 4.74 Å². The number of nitrogens with zero attached hydrogens (tertiary/aromatic N) is 2. The third-order valence-electron chi connectivity index (χ3n) is 3.70. The average molecular weight is 327 g/mol. The lowest BCUT2D eigenvalue weighted by Gasteiger charge is -2.26. The molecule has 0 spiro atoms. The van der Waals surface area contributed by atoms with Crippen molar-refractivity contribution in [3.8, 4) is 5.88 Å². The molecule has 1 heterocycles. The first kappa shape index (κ1) is 14.8. The zero-order valence-electron chi connectivity index (χ0n) is 11.9. The molecule has 19 heavy (non-hydrogen) atoms. The van der Waals surface area contributed by atoms with Gasteiger partial charge in [-0.3, -0.25) is 0 Å². The Bertz CT molecular complexity index is 411. The normalized spacial score (nSPS) is 23.3. The Labute approximate surface area is 124 Å². The first-order chi connectivity index (χ1) is 9.17. The van der Waals surface area contributed by atoms with Gasteiger partial charge in [-0.2, -0.15) is 4.98 Å². The van der Waals surface area contributed by atoms with Crippen molar-refractivity contribution in [2.45, 2.75) is 52.4 Å². The maximum Gasteiger partial charge on any atom is 0.217 e. The van der Waals surface area contributed by atoms with Gasteiger partial charge in [0.25, 0.3) is 0 Å². The van der Waals surface area contributed by atoms with Crippen LogP contribution in [0.15, 0.2) is 10.7 Å². The first-order valence-corrected chi connectivity index (χ1v) is 8.13. The number of ether oxygens (including phenoxy) is 1. The molecular formula is C15H23BrN2O. The second-order valence-electron chi connectivity index (χ2n) is 5.64. The smallest absolute Gasteiger partial charge is 0.217 e. The fraction of sp³-hybridized carbons (Fsp3) is 0.733. The van der Waals surface area contributed by atoms with Crippen LogP contribution in [0.3, 0.4) is 0 Å². The highest BCUT2D eigenvalue weighted by Gasteiger charge is 2.19. The van der Waals surface area contributed by atoms with E-state index >= 15 is 0 Å². The molecule has 1 saturated carbocycles. The van der Waals surface area contributed by atoms with Gasteiger partial charge in [0, 0.05) is 12.5 Å². The highest BCUT2D eigenvalue weighted by atomic mass is 79.9. The monoisotopic (exact) mass is 326 g/mol. The van der Waals surface area contributed by atoms with Gasteiger partial charge in [0.15, 0.2) is 0 Å². The summed E-state index contributed by atoms with van der Waals surface area (Å²) in [6, 6.07) is 1.87. The van der Waals surface area contributed by atoms with Crippen LogP contribution >= 0.6 is 15.9 Å². The highest BCUT2D eigenvalue weighted by Crippen LogP contribution is 2.29. The number of hydrogen-bond acceptors (Lipinski definition) is 3. The maximum absolute atomic E-state index is 5.88. The van der Waals surface area contributed by atoms with Crippen molar-refractivity contribution in [1.82, 2.24) is 9.97 Å². The molecule has 0 N–H and O–H groups in total. The van der Waals surface area contributed by atoms with E-state index in [0.29, 0.717) is 11.8 Å². The van der Waals surface area contributed by atoms with Crippen LogP contribution in [-0.2, 0) is 6.42 Å². The van der Waals surface area contributed by atoms with Gasteiger partial charge < -0.3 is 4.74 Å². The van der Waals surface area contributed by atoms with E-state index in [1.54, 1.807) is 0 Å². The second-order valence-corrected chi connectivity index (χ2v) is 6.46. The fourth-order valence-electron chi connectivity index (χ4n) is 2.77. The molecule has 2 rings (SSSR count). The minimum Gasteiger partial charge on any atom is -0.477 e. The van der Waals surface area contributed by atoms with Gasteiger partial charge in [0.2, 0.25) is 5.88 Å². The Morgan fingerprint density at radius 3 is 2.95 bits per heavy atom. The van der Waals surface area contributed by atoms with Crippen LogP contribution in [0, 0.1) is 11.8 Å². The highest BCUT2D eigenvalue weighted by molar-refractivity contribution is 9.10. The molecule has 0 saturated heterocycles. The average Bonchev–Trinajstić information content (AvgIpc) is 2.36. The van der Waals surface area contributed by atoms with Crippen molar-refractivity contribution in [2.75, 3.05) is 6.61 Å². The standard InChI is InChI=1S/C15H23BrN2O/c1-3-5-14-17-13(16)9-15(18-14)19-10-12-7-4-6-11(2)8-12/h9,11-12H,3-8,10H2,1-2H3. The minimum absolute atomic E-state index is 0.687. The van der Waals surface area contributed by atoms with E-state index < -0.39 is 0 Å². The molecule has 1 aliphatic rings. The molecule has 0 aliphatic heterocycles. The van der Waals surface area contributed by atoms with Crippen molar-refractivity contribution in [1.29, 1.82) is 0 Å². The Morgan fingerprint density at radius 2 is 2.21 bits per heavy atom. The summed E-state index contributed by atoms with van der Waals surface area (Å²) in [6.45, 7) is 5.26. The van der Waals surface area contributed by atoms with Crippen LogP contribution in [-0.4, -0.2) is 16.6 Å². The summed E-state index contributed by atoms with van der Waals surface area (Å²) in [6.07, 6.45) is 7.23. The van der Waals surface area contributed by atoms with E-state index in [-0.39, 0.29) is 0 Å². The van der Waals surface area contributed by atoms with E-state index in [4.69, 9.17) is 4.74 Å². The van der Waals surface area contributed by atoms with Gasteiger partial charge in [-0.05, 0) is 47.0 Å². The van der Waals surface area contributed by atoms with E-state index in [9.17, 15) is 0 Å². The van der Waals surface area contributed by atoms with Crippen LogP contribution in [0.4, 0.5) is 0 Å². The molecule has 1 aromatic rings. The predicted molar refractivity (Wildman–Crippen MR) is 80.3 cm³/mol. The molecule has 2 atom stereocenters. The summed E-state index contributed by atoms with van der Waals surface area (Å²) in [5.74, 6) is 3.11. The fourth-order valence-corrected chi connectivity index (χ4v) is 3.17. The van der Waals surface area contributed by atoms with Crippen molar-refractivity contribution in [3.63, 3.8) is 0 Å². The molecular weight excluding hydrogens is 304 g/mol. The summed E-state index contributed by atoms with van der Waals surface area (Å²) in [5.41, 5.74) is 0. The van der Waals surface area contributed by atoms with Gasteiger partial charge in [-0.25, -0.2) is 4.98 Å². The lowest BCUT2D eigenvalue weighted by Crippen LogP contribution is -2.20. The predicted octanol–water partition coefficient (Wildman–Crippen LogP) is 4.40. The molecule has 0 bridgehead atoms. The van der Waals surface area contributed by atoms with Crippen LogP contribution in [0.25, 0.3) is 0 Å². The van der Waals surface area contributed by atoms with Gasteiger partial charge in [-0.1, -0.05) is 26.7 Å². The Morgan fingerprint density at radius 1 is 1.37 bits per heavy atom. The molecule has 1 fully saturated rings. The van der Waals surface area contributed by atoms with E-state index in [1.807, 2.05) is 6.07 Å². The zero-order chi connectivity index (χ0) is 13.7. The molecule has 3 nitrogen and oxygen atoms in total. The van der Waals surface area contributed by atoms with Crippen LogP contribution in [0.1, 0.15) is 51.8 Å². The summed E-state index contributed by atoms with van der Waals surface area (Å²) in [4.78, 5) is 8.82. The van der Waals surface area contributed by atoms with Crippen LogP contribution in [0.5, 0.6) is 5.88 Å². The molecule has 0 amide bonds. The molecule has 4 heteroatoms. The Kier molecular flexibility index (Phi) is 5.61. The largest absolute Gasteiger partial charge is 0.477 e. The second kappa shape index (κ2) is 7.22. The first-order valence-electron chi connectivity index (χ1n) is 7.33. The van der Waals surface area contributed by atoms with Crippen LogP contribution in [0.2, 0.25) is 0 Å². The molecule has 1 aromatic heterocycles. The van der Waals surface area contributed by atoms with E-state index in [2.05, 4.69) is 39.7 Å². The van der Waals surface area contributed by atoms with E-state index in [1.165, 1.54) is 25.7 Å². The minimum atomic E-state index is 0.687. The van der Waals surface area contributed by atoms with Crippen molar-refractivity contribution in [3.05, 3.63) is 16.5 Å². The van der Waals surface area contributed by atoms with Crippen molar-refractivity contribution < 1.29 is 4.74 Å². The molecule has 1 aliphatic carbocycles. The molecule has 2 unspecified atom stereocenters. The number of aromatic nitrogens is 2. The summed E-state index contributed by atoms with van der Waals surface area (Å²) < 4.78 is 6.70. The number of rotatable bonds is 5. The molecule has 0 radical (unpaired) electrons. The van der Waals surface area contributed by atoms with Gasteiger partial charge >= 0.3 is 0 Å². The lowest BCUT2D eigenvalue weighted by atomic mass is 9.83. The number of hydrogen-bond donors (Lipinski definition) is 0. The summed E-state index contributed by atoms with van der Waals surface area (Å²) in [7, 11) is 0. The third-order valence-corrected chi connectivity index (χ3v) is 4.11. The quantitative estimate of drug-likeness (QED) is 0.752. The SMILES string of the molecule is CCCc1nc(Br)cc(OCC2CCCC(C)C2)n1. The number of halogens is 1. The zero-order valence-corrected chi connectivity index (χ0v) is 13.4. The maximum atomic E-state index is 5.88. The molecule has 106 valence electrons. The Hall–Kier alpha value is -0.640. The summed E-state index contributed by atoms with van der Waals surface area (Å²) in [5, 5.41) is 0. The lowest BCUT2D eigenvalue weighted by molar-refractivity contribution is 0.177. The third kappa shape index (κ3) is 4.75. The molecule has 0 aromatic carbocycles. The topological polar surface area (TPSA) is 35.0 Å². The van der Waals surface area contributed by atoms with Gasteiger partial charge in [0.05, 0.1) is 6.61 Å². The van der Waals surface area contributed by atoms with E-state index in [0.717, 1.165) is 35.8 Å². The number of aryl methyl sites for hydroxylation is 1. The van der Waals surface area contributed by atoms with Gasteiger partial charge in [0.1, 0.15) is 10.4 Å². The summed E-state index contributed by atoms with van der Waals surface area (Å²) >= 11 is 3.43. The van der Waals surface area contributed by atoms with Crippen molar-refractivity contribution in [2.24, 2.45) is 11.8 Å². The van der Waals surface area contributed by atoms with Gasteiger partial charge in [-0.15, -0.1) is 0 Å². The Balaban J connectivity index is 1.91.